The van der Waals surface area contributed by atoms with Gasteiger partial charge < -0.3 is 25.2 Å². The summed E-state index contributed by atoms with van der Waals surface area (Å²) in [6.45, 7) is 11.0. The molecule has 0 atom stereocenters. The minimum Gasteiger partial charge on any atom is -0.494 e. The summed E-state index contributed by atoms with van der Waals surface area (Å²) in [5.41, 5.74) is 3.67. The number of benzene rings is 2. The monoisotopic (exact) mass is 557 g/mol. The Labute approximate surface area is 241 Å². The molecule has 4 rings (SSSR count). The number of carbonyl (C=O) groups is 1. The van der Waals surface area contributed by atoms with Gasteiger partial charge in [-0.15, -0.1) is 0 Å². The summed E-state index contributed by atoms with van der Waals surface area (Å²) < 4.78 is 7.26. The Morgan fingerprint density at radius 3 is 2.41 bits per heavy atom. The van der Waals surface area contributed by atoms with Crippen LogP contribution in [0.5, 0.6) is 5.75 Å². The van der Waals surface area contributed by atoms with E-state index in [1.807, 2.05) is 83.2 Å². The Kier molecular flexibility index (Phi) is 10.6. The van der Waals surface area contributed by atoms with Crippen molar-refractivity contribution in [3.05, 3.63) is 83.3 Å². The molecule has 0 saturated heterocycles. The largest absolute Gasteiger partial charge is 0.494 e. The van der Waals surface area contributed by atoms with Crippen molar-refractivity contribution in [3.8, 4) is 11.4 Å². The number of carbonyl (C=O) groups excluding carboxylic acids is 1. The molecule has 0 fully saturated rings. The highest BCUT2D eigenvalue weighted by Crippen LogP contribution is 2.38. The van der Waals surface area contributed by atoms with Crippen LogP contribution in [0.1, 0.15) is 19.4 Å². The van der Waals surface area contributed by atoms with Gasteiger partial charge in [0.1, 0.15) is 5.75 Å². The fourth-order valence-corrected chi connectivity index (χ4v) is 4.17. The maximum Gasteiger partial charge on any atom is 0.257 e. The third-order valence-corrected chi connectivity index (χ3v) is 6.28. The third kappa shape index (κ3) is 7.29. The fourth-order valence-electron chi connectivity index (χ4n) is 4.17. The van der Waals surface area contributed by atoms with E-state index in [4.69, 9.17) is 9.72 Å². The van der Waals surface area contributed by atoms with Crippen LogP contribution in [0.3, 0.4) is 0 Å². The van der Waals surface area contributed by atoms with Gasteiger partial charge in [-0.1, -0.05) is 38.6 Å². The van der Waals surface area contributed by atoms with Gasteiger partial charge in [-0.3, -0.25) is 14.2 Å². The number of para-hydroxylation sites is 1. The molecule has 0 bridgehead atoms. The maximum absolute atomic E-state index is 13.0. The molecule has 216 valence electrons. The number of fused-ring (bicyclic) bond motifs is 1. The van der Waals surface area contributed by atoms with Gasteiger partial charge in [0.15, 0.2) is 5.65 Å². The normalized spacial score (nSPS) is 10.5. The predicted octanol–water partition coefficient (Wildman–Crippen LogP) is 4.99. The van der Waals surface area contributed by atoms with E-state index < -0.39 is 0 Å². The van der Waals surface area contributed by atoms with Crippen LogP contribution in [0, 0.1) is 6.92 Å². The van der Waals surface area contributed by atoms with E-state index in [1.165, 1.54) is 6.08 Å². The van der Waals surface area contributed by atoms with Crippen LogP contribution in [-0.2, 0) is 4.79 Å². The van der Waals surface area contributed by atoms with Crippen LogP contribution < -0.4 is 25.8 Å². The number of aryl methyl sites for hydroxylation is 1. The van der Waals surface area contributed by atoms with Gasteiger partial charge in [0.25, 0.3) is 5.56 Å². The molecule has 41 heavy (non-hydrogen) atoms. The van der Waals surface area contributed by atoms with Crippen molar-refractivity contribution in [2.75, 3.05) is 56.9 Å². The lowest BCUT2D eigenvalue weighted by Gasteiger charge is -2.26. The first-order chi connectivity index (χ1) is 19.7. The first kappa shape index (κ1) is 30.8. The summed E-state index contributed by atoms with van der Waals surface area (Å²) in [4.78, 5) is 38.6. The van der Waals surface area contributed by atoms with Crippen LogP contribution in [0.25, 0.3) is 16.7 Å². The summed E-state index contributed by atoms with van der Waals surface area (Å²) in [6.07, 6.45) is 2.91. The average molecular weight is 558 g/mol. The highest BCUT2D eigenvalue weighted by Gasteiger charge is 2.17. The molecule has 10 heteroatoms. The van der Waals surface area contributed by atoms with Crippen molar-refractivity contribution in [1.29, 1.82) is 0 Å². The number of hydrogen-bond donors (Lipinski definition) is 2. The molecule has 4 aromatic rings. The number of pyridine rings is 1. The van der Waals surface area contributed by atoms with E-state index in [-0.39, 0.29) is 17.4 Å². The van der Waals surface area contributed by atoms with E-state index in [2.05, 4.69) is 27.1 Å². The summed E-state index contributed by atoms with van der Waals surface area (Å²) >= 11 is 0. The topological polar surface area (TPSA) is 105 Å². The van der Waals surface area contributed by atoms with E-state index in [0.717, 1.165) is 29.7 Å². The molecule has 0 spiro atoms. The third-order valence-electron chi connectivity index (χ3n) is 6.28. The fraction of sp³-hybridized carbons (Fsp3) is 0.290. The molecule has 2 heterocycles. The van der Waals surface area contributed by atoms with Crippen molar-refractivity contribution in [2.24, 2.45) is 0 Å². The van der Waals surface area contributed by atoms with Crippen molar-refractivity contribution in [3.63, 3.8) is 0 Å². The Hall–Kier alpha value is -4.70. The quantitative estimate of drug-likeness (QED) is 0.263. The van der Waals surface area contributed by atoms with Gasteiger partial charge in [0, 0.05) is 43.9 Å². The van der Waals surface area contributed by atoms with Crippen LogP contribution in [0.4, 0.5) is 23.0 Å². The van der Waals surface area contributed by atoms with Crippen molar-refractivity contribution >= 4 is 40.0 Å². The molecular formula is C31H39N7O3. The van der Waals surface area contributed by atoms with Gasteiger partial charge in [0.05, 0.1) is 29.9 Å². The smallest absolute Gasteiger partial charge is 0.257 e. The second-order valence-electron chi connectivity index (χ2n) is 9.38. The first-order valence-corrected chi connectivity index (χ1v) is 13.4. The first-order valence-electron chi connectivity index (χ1n) is 13.4. The maximum atomic E-state index is 13.0. The Morgan fingerprint density at radius 2 is 1.78 bits per heavy atom. The van der Waals surface area contributed by atoms with Crippen molar-refractivity contribution < 1.29 is 9.53 Å². The van der Waals surface area contributed by atoms with Gasteiger partial charge in [-0.25, -0.2) is 4.98 Å². The number of likely N-dealkylation sites (N-methyl/N-ethyl adjacent to an activating group) is 2. The molecule has 10 nitrogen and oxygen atoms in total. The summed E-state index contributed by atoms with van der Waals surface area (Å²) in [5.74, 6) is 0.467. The Bertz CT molecular complexity index is 1570. The number of nitrogens with zero attached hydrogens (tertiary/aromatic N) is 5. The van der Waals surface area contributed by atoms with Crippen LogP contribution in [0.15, 0.2) is 72.2 Å². The summed E-state index contributed by atoms with van der Waals surface area (Å²) in [6, 6.07) is 14.5. The predicted molar refractivity (Wildman–Crippen MR) is 168 cm³/mol. The number of ether oxygens (including phenoxy) is 1. The molecule has 0 radical (unpaired) electrons. The number of hydrogen-bond acceptors (Lipinski definition) is 8. The number of amides is 1. The minimum atomic E-state index is -0.335. The molecular weight excluding hydrogens is 518 g/mol. The molecule has 1 amide bonds. The number of nitrogens with one attached hydrogen (secondary N) is 2. The zero-order chi connectivity index (χ0) is 30.1. The Morgan fingerprint density at radius 1 is 1.07 bits per heavy atom. The van der Waals surface area contributed by atoms with Crippen LogP contribution in [0.2, 0.25) is 0 Å². The highest BCUT2D eigenvalue weighted by atomic mass is 16.5. The van der Waals surface area contributed by atoms with Crippen LogP contribution >= 0.6 is 0 Å². The zero-order valence-corrected chi connectivity index (χ0v) is 24.9. The highest BCUT2D eigenvalue weighted by molar-refractivity contribution is 6.02. The van der Waals surface area contributed by atoms with E-state index in [9.17, 15) is 9.59 Å². The second kappa shape index (κ2) is 14.1. The van der Waals surface area contributed by atoms with Gasteiger partial charge in [-0.2, -0.15) is 4.98 Å². The van der Waals surface area contributed by atoms with Gasteiger partial charge in [-0.05, 0) is 50.9 Å². The molecule has 0 aliphatic carbocycles. The van der Waals surface area contributed by atoms with E-state index in [0.29, 0.717) is 28.5 Å². The molecule has 0 saturated carbocycles. The number of methoxy groups -OCH3 is 1. The molecule has 2 aromatic carbocycles. The number of anilines is 4. The van der Waals surface area contributed by atoms with E-state index in [1.54, 1.807) is 30.0 Å². The average Bonchev–Trinajstić information content (AvgIpc) is 2.97. The Balaban J connectivity index is 0.00000226. The molecule has 2 N–H and O–H groups in total. The molecule has 0 unspecified atom stereocenters. The standard InChI is InChI=1S/C29H33N7O3.C2H6/c1-7-26(37)31-22-16-23(25(39-6)17-24(22)35(5)14-13-34(3)4)32-29-30-18-21-19(2)15-27(38)36(28(21)33-29)20-11-9-8-10-12-20;1-2/h7-12,15-18H,1,13-14H2,2-6H3,(H,31,37)(H,30,32,33);1-2H3. The lowest BCUT2D eigenvalue weighted by atomic mass is 10.2. The zero-order valence-electron chi connectivity index (χ0n) is 24.9. The van der Waals surface area contributed by atoms with Gasteiger partial charge in [0.2, 0.25) is 11.9 Å². The lowest BCUT2D eigenvalue weighted by Crippen LogP contribution is -2.29. The van der Waals surface area contributed by atoms with Gasteiger partial charge >= 0.3 is 0 Å². The second-order valence-corrected chi connectivity index (χ2v) is 9.38. The lowest BCUT2D eigenvalue weighted by molar-refractivity contribution is -0.111. The molecule has 2 aromatic heterocycles. The van der Waals surface area contributed by atoms with Crippen LogP contribution in [-0.4, -0.2) is 66.7 Å². The molecule has 0 aliphatic rings. The molecule has 0 aliphatic heterocycles. The van der Waals surface area contributed by atoms with E-state index >= 15 is 0 Å². The SMILES string of the molecule is C=CC(=O)Nc1cc(Nc2ncc3c(C)cc(=O)n(-c4ccccc4)c3n2)c(OC)cc1N(C)CCN(C)C.CC. The van der Waals surface area contributed by atoms with Crippen molar-refractivity contribution in [1.82, 2.24) is 19.4 Å². The number of rotatable bonds is 10. The number of aromatic nitrogens is 3. The van der Waals surface area contributed by atoms with Crippen molar-refractivity contribution in [2.45, 2.75) is 20.8 Å². The summed E-state index contributed by atoms with van der Waals surface area (Å²) in [7, 11) is 7.53. The minimum absolute atomic E-state index is 0.187. The summed E-state index contributed by atoms with van der Waals surface area (Å²) in [5, 5.41) is 6.86.